The van der Waals surface area contributed by atoms with Gasteiger partial charge >= 0.3 is 0 Å². The van der Waals surface area contributed by atoms with Crippen LogP contribution >= 0.6 is 0 Å². The molecule has 1 amide bonds. The van der Waals surface area contributed by atoms with Gasteiger partial charge in [0.05, 0.1) is 11.9 Å². The molecule has 0 aliphatic carbocycles. The molecule has 0 bridgehead atoms. The number of benzene rings is 2. The third-order valence-corrected chi connectivity index (χ3v) is 4.13. The predicted octanol–water partition coefficient (Wildman–Crippen LogP) is 3.99. The first-order valence-corrected chi connectivity index (χ1v) is 8.07. The number of aromatic nitrogens is 2. The Hall–Kier alpha value is -2.88. The maximum atomic E-state index is 12.3. The minimum atomic E-state index is -0.110. The van der Waals surface area contributed by atoms with E-state index in [4.69, 9.17) is 0 Å². The summed E-state index contributed by atoms with van der Waals surface area (Å²) in [5.41, 5.74) is 4.94. The van der Waals surface area contributed by atoms with Gasteiger partial charge in [0, 0.05) is 18.3 Å². The lowest BCUT2D eigenvalue weighted by atomic mass is 10.1. The molecular formula is C20H21N3O. The zero-order valence-corrected chi connectivity index (χ0v) is 14.0. The van der Waals surface area contributed by atoms with Crippen LogP contribution < -0.4 is 5.32 Å². The largest absolute Gasteiger partial charge is 0.319 e. The van der Waals surface area contributed by atoms with Gasteiger partial charge in [0.15, 0.2) is 0 Å². The minimum Gasteiger partial charge on any atom is -0.319 e. The minimum absolute atomic E-state index is 0.110. The molecule has 0 aliphatic heterocycles. The smallest absolute Gasteiger partial charge is 0.255 e. The van der Waals surface area contributed by atoms with E-state index < -0.39 is 0 Å². The molecule has 0 atom stereocenters. The molecule has 3 rings (SSSR count). The lowest BCUT2D eigenvalue weighted by Gasteiger charge is -2.05. The van der Waals surface area contributed by atoms with Crippen molar-refractivity contribution in [2.24, 2.45) is 0 Å². The molecular weight excluding hydrogens is 298 g/mol. The topological polar surface area (TPSA) is 46.9 Å². The van der Waals surface area contributed by atoms with Gasteiger partial charge in [-0.3, -0.25) is 9.48 Å². The van der Waals surface area contributed by atoms with Gasteiger partial charge < -0.3 is 5.32 Å². The second kappa shape index (κ2) is 7.13. The highest BCUT2D eigenvalue weighted by atomic mass is 16.1. The van der Waals surface area contributed by atoms with Gasteiger partial charge in [-0.1, -0.05) is 36.4 Å². The molecule has 4 nitrogen and oxygen atoms in total. The second-order valence-corrected chi connectivity index (χ2v) is 5.98. The normalized spacial score (nSPS) is 10.6. The second-order valence-electron chi connectivity index (χ2n) is 5.98. The van der Waals surface area contributed by atoms with Crippen LogP contribution in [-0.2, 0) is 13.0 Å². The number of carbonyl (C=O) groups excluding carboxylic acids is 1. The van der Waals surface area contributed by atoms with Crippen LogP contribution in [0.3, 0.4) is 0 Å². The van der Waals surface area contributed by atoms with E-state index in [9.17, 15) is 4.79 Å². The van der Waals surface area contributed by atoms with Gasteiger partial charge in [0.25, 0.3) is 5.91 Å². The summed E-state index contributed by atoms with van der Waals surface area (Å²) in [6.45, 7) is 4.82. The lowest BCUT2D eigenvalue weighted by Crippen LogP contribution is -2.11. The van der Waals surface area contributed by atoms with Gasteiger partial charge in [0.2, 0.25) is 0 Å². The van der Waals surface area contributed by atoms with Crippen molar-refractivity contribution in [3.05, 3.63) is 83.2 Å². The van der Waals surface area contributed by atoms with Gasteiger partial charge in [-0.2, -0.15) is 5.10 Å². The standard InChI is InChI=1S/C20H21N3O/c1-15-8-9-18(12-16(15)2)20(24)22-19-13-21-23(14-19)11-10-17-6-4-3-5-7-17/h3-9,12-14H,10-11H2,1-2H3,(H,22,24). The summed E-state index contributed by atoms with van der Waals surface area (Å²) in [4.78, 5) is 12.3. The van der Waals surface area contributed by atoms with Crippen LogP contribution in [0.2, 0.25) is 0 Å². The summed E-state index contributed by atoms with van der Waals surface area (Å²) in [6, 6.07) is 16.0. The monoisotopic (exact) mass is 319 g/mol. The molecule has 0 spiro atoms. The molecule has 2 aromatic carbocycles. The number of hydrogen-bond acceptors (Lipinski definition) is 2. The Morgan fingerprint density at radius 3 is 2.62 bits per heavy atom. The first-order valence-electron chi connectivity index (χ1n) is 8.07. The molecule has 3 aromatic rings. The summed E-state index contributed by atoms with van der Waals surface area (Å²) in [7, 11) is 0. The van der Waals surface area contributed by atoms with Crippen molar-refractivity contribution >= 4 is 11.6 Å². The van der Waals surface area contributed by atoms with Gasteiger partial charge in [-0.05, 0) is 49.1 Å². The highest BCUT2D eigenvalue weighted by molar-refractivity contribution is 6.04. The van der Waals surface area contributed by atoms with E-state index in [0.29, 0.717) is 11.3 Å². The fourth-order valence-electron chi connectivity index (χ4n) is 2.52. The Labute approximate surface area is 142 Å². The number of rotatable bonds is 5. The van der Waals surface area contributed by atoms with E-state index in [1.54, 1.807) is 6.20 Å². The molecule has 1 heterocycles. The van der Waals surface area contributed by atoms with Crippen molar-refractivity contribution in [2.75, 3.05) is 5.32 Å². The number of hydrogen-bond donors (Lipinski definition) is 1. The van der Waals surface area contributed by atoms with E-state index in [0.717, 1.165) is 18.5 Å². The van der Waals surface area contributed by atoms with Crippen molar-refractivity contribution in [3.8, 4) is 0 Å². The van der Waals surface area contributed by atoms with Gasteiger partial charge in [-0.25, -0.2) is 0 Å². The Bertz CT molecular complexity index is 837. The summed E-state index contributed by atoms with van der Waals surface area (Å²) in [5, 5.41) is 7.21. The van der Waals surface area contributed by atoms with E-state index in [1.165, 1.54) is 11.1 Å². The maximum Gasteiger partial charge on any atom is 0.255 e. The first-order chi connectivity index (χ1) is 11.6. The molecule has 122 valence electrons. The summed E-state index contributed by atoms with van der Waals surface area (Å²) in [5.74, 6) is -0.110. The average Bonchev–Trinajstić information content (AvgIpc) is 3.04. The van der Waals surface area contributed by atoms with Crippen LogP contribution in [0.1, 0.15) is 27.0 Å². The van der Waals surface area contributed by atoms with Crippen molar-refractivity contribution in [1.82, 2.24) is 9.78 Å². The maximum absolute atomic E-state index is 12.3. The van der Waals surface area contributed by atoms with Crippen molar-refractivity contribution in [1.29, 1.82) is 0 Å². The Kier molecular flexibility index (Phi) is 4.75. The van der Waals surface area contributed by atoms with E-state index in [2.05, 4.69) is 22.5 Å². The van der Waals surface area contributed by atoms with Crippen LogP contribution in [0, 0.1) is 13.8 Å². The van der Waals surface area contributed by atoms with Crippen molar-refractivity contribution in [2.45, 2.75) is 26.8 Å². The Morgan fingerprint density at radius 1 is 1.08 bits per heavy atom. The molecule has 0 radical (unpaired) electrons. The van der Waals surface area contributed by atoms with Crippen LogP contribution in [0.25, 0.3) is 0 Å². The Balaban J connectivity index is 1.61. The van der Waals surface area contributed by atoms with Crippen LogP contribution in [0.4, 0.5) is 5.69 Å². The van der Waals surface area contributed by atoms with Crippen LogP contribution in [0.5, 0.6) is 0 Å². The average molecular weight is 319 g/mol. The number of amides is 1. The molecule has 0 aliphatic rings. The Morgan fingerprint density at radius 2 is 1.88 bits per heavy atom. The first kappa shape index (κ1) is 16.0. The quantitative estimate of drug-likeness (QED) is 0.773. The molecule has 4 heteroatoms. The summed E-state index contributed by atoms with van der Waals surface area (Å²) in [6.07, 6.45) is 4.46. The van der Waals surface area contributed by atoms with Crippen LogP contribution in [-0.4, -0.2) is 15.7 Å². The number of aryl methyl sites for hydroxylation is 4. The fourth-order valence-corrected chi connectivity index (χ4v) is 2.52. The number of nitrogens with one attached hydrogen (secondary N) is 1. The number of carbonyl (C=O) groups is 1. The molecule has 0 saturated heterocycles. The van der Waals surface area contributed by atoms with E-state index in [1.807, 2.05) is 61.1 Å². The van der Waals surface area contributed by atoms with Gasteiger partial charge in [0.1, 0.15) is 0 Å². The van der Waals surface area contributed by atoms with Crippen molar-refractivity contribution < 1.29 is 4.79 Å². The summed E-state index contributed by atoms with van der Waals surface area (Å²) < 4.78 is 1.85. The zero-order valence-electron chi connectivity index (χ0n) is 14.0. The molecule has 1 aromatic heterocycles. The molecule has 0 saturated carbocycles. The van der Waals surface area contributed by atoms with E-state index in [-0.39, 0.29) is 5.91 Å². The zero-order chi connectivity index (χ0) is 16.9. The fraction of sp³-hybridized carbons (Fsp3) is 0.200. The highest BCUT2D eigenvalue weighted by Crippen LogP contribution is 2.13. The number of nitrogens with zero attached hydrogens (tertiary/aromatic N) is 2. The highest BCUT2D eigenvalue weighted by Gasteiger charge is 2.08. The predicted molar refractivity (Wildman–Crippen MR) is 96.2 cm³/mol. The molecule has 1 N–H and O–H groups in total. The third kappa shape index (κ3) is 3.90. The molecule has 0 fully saturated rings. The molecule has 0 unspecified atom stereocenters. The van der Waals surface area contributed by atoms with Crippen LogP contribution in [0.15, 0.2) is 60.9 Å². The number of anilines is 1. The SMILES string of the molecule is Cc1ccc(C(=O)Nc2cnn(CCc3ccccc3)c2)cc1C. The third-order valence-electron chi connectivity index (χ3n) is 4.13. The lowest BCUT2D eigenvalue weighted by molar-refractivity contribution is 0.102. The van der Waals surface area contributed by atoms with Gasteiger partial charge in [-0.15, -0.1) is 0 Å². The van der Waals surface area contributed by atoms with Crippen molar-refractivity contribution in [3.63, 3.8) is 0 Å². The summed E-state index contributed by atoms with van der Waals surface area (Å²) >= 11 is 0. The van der Waals surface area contributed by atoms with E-state index >= 15 is 0 Å². The molecule has 24 heavy (non-hydrogen) atoms.